The highest BCUT2D eigenvalue weighted by atomic mass is 33.1. The van der Waals surface area contributed by atoms with Crippen LogP contribution in [0.15, 0.2) is 93.4 Å². The second-order valence-electron chi connectivity index (χ2n) is 20.0. The van der Waals surface area contributed by atoms with Crippen molar-refractivity contribution in [2.45, 2.75) is 108 Å². The maximum absolute atomic E-state index is 12.8. The third-order valence-electron chi connectivity index (χ3n) is 12.8. The summed E-state index contributed by atoms with van der Waals surface area (Å²) in [6.45, 7) is -0.475. The van der Waals surface area contributed by atoms with Crippen molar-refractivity contribution >= 4 is 157 Å². The number of pyridine rings is 4. The van der Waals surface area contributed by atoms with E-state index in [2.05, 4.69) is 41.2 Å². The minimum Gasteiger partial charge on any atom is -0.480 e. The van der Waals surface area contributed by atoms with Gasteiger partial charge in [-0.1, -0.05) is 43.2 Å². The van der Waals surface area contributed by atoms with Gasteiger partial charge in [-0.3, -0.25) is 40.5 Å². The summed E-state index contributed by atoms with van der Waals surface area (Å²) < 4.78 is 27.5. The zero-order chi connectivity index (χ0) is 72.5. The van der Waals surface area contributed by atoms with Gasteiger partial charge in [0.05, 0.1) is 46.1 Å². The molecule has 0 spiro atoms. The molecule has 4 aromatic heterocycles. The van der Waals surface area contributed by atoms with Crippen molar-refractivity contribution in [3.8, 4) is 0 Å². The van der Waals surface area contributed by atoms with E-state index in [1.807, 2.05) is 0 Å². The molecule has 4 aromatic rings. The van der Waals surface area contributed by atoms with Crippen LogP contribution in [-0.2, 0) is 42.9 Å². The Hall–Kier alpha value is -8.08. The molecular weight excluding hydrogens is 1470 g/mol. The van der Waals surface area contributed by atoms with Crippen molar-refractivity contribution in [1.82, 2.24) is 41.2 Å². The Labute approximate surface area is 593 Å². The van der Waals surface area contributed by atoms with Gasteiger partial charge in [-0.2, -0.15) is 0 Å². The molecule has 0 saturated heterocycles. The average Bonchev–Trinajstić information content (AvgIpc) is 1.54. The molecule has 8 N–H and O–H groups in total. The Bertz CT molecular complexity index is 3150. The lowest BCUT2D eigenvalue weighted by atomic mass is 9.96. The first-order valence-corrected chi connectivity index (χ1v) is 38.5. The number of amides is 4. The van der Waals surface area contributed by atoms with Gasteiger partial charge in [-0.25, -0.2) is 58.3 Å². The van der Waals surface area contributed by atoms with Crippen LogP contribution in [0.25, 0.3) is 0 Å². The number of unbranched alkanes of at least 4 members (excludes halogenated alkanes) is 2. The maximum atomic E-state index is 12.8. The van der Waals surface area contributed by atoms with Gasteiger partial charge in [0.25, 0.3) is 0 Å². The van der Waals surface area contributed by atoms with Gasteiger partial charge in [0, 0.05) is 85.3 Å². The standard InChI is InChI=1S/C54H66N12O25S8/c67-47(68)35(29-92-96-43-39(63(79)80)15-5-19-55-43)59-51(75)88-23-3-1-11-33(13-9-25-90-53(77)61-37(49(71)72)31-94-98-45-41(65(83)84)17-7-21-57-45)27-87-28-34(14-10-26-91-54(78)62-38(50(73)74)32-95-99-46-42(66(85)86)18-8-22-58-46)12-2-4-24-89-52(76)60-36(48(69)70)30-93-97-44-40(64(81)82)16-6-20-56-44/h5-8,15-22,33-38H,1-4,9-14,23-32H2,(H,59,75)(H,60,76)(H,61,77)(H,62,78)(H,67,68)(H,69,70)(H,71,72)(H,73,74). The first-order valence-electron chi connectivity index (χ1n) is 29.2. The third kappa shape index (κ3) is 33.6. The number of hydrogen-bond donors (Lipinski definition) is 8. The third-order valence-corrected chi connectivity index (χ3v) is 22.0. The first kappa shape index (κ1) is 83.3. The van der Waals surface area contributed by atoms with Gasteiger partial charge < -0.3 is 65.4 Å². The summed E-state index contributed by atoms with van der Waals surface area (Å²) in [5.74, 6) is -7.05. The molecule has 0 bridgehead atoms. The molecule has 4 rings (SSSR count). The molecule has 0 fully saturated rings. The van der Waals surface area contributed by atoms with Crippen molar-refractivity contribution in [3.63, 3.8) is 0 Å². The van der Waals surface area contributed by atoms with Crippen LogP contribution in [0.3, 0.4) is 0 Å². The molecule has 0 aliphatic heterocycles. The zero-order valence-electron chi connectivity index (χ0n) is 51.7. The Morgan fingerprint density at radius 2 is 0.616 bits per heavy atom. The highest BCUT2D eigenvalue weighted by Gasteiger charge is 2.28. The number of nitro groups is 4. The molecule has 0 aliphatic carbocycles. The molecular formula is C54H66N12O25S8. The highest BCUT2D eigenvalue weighted by Crippen LogP contribution is 2.39. The van der Waals surface area contributed by atoms with Crippen LogP contribution in [0, 0.1) is 52.3 Å². The summed E-state index contributed by atoms with van der Waals surface area (Å²) in [6.07, 6.45) is 4.56. The monoisotopic (exact) mass is 1540 g/mol. The van der Waals surface area contributed by atoms with E-state index in [0.29, 0.717) is 38.5 Å². The molecule has 0 saturated carbocycles. The lowest BCUT2D eigenvalue weighted by molar-refractivity contribution is -0.388. The number of carbonyl (C=O) groups is 8. The van der Waals surface area contributed by atoms with E-state index in [-0.39, 0.29) is 143 Å². The molecule has 0 radical (unpaired) electrons. The maximum Gasteiger partial charge on any atom is 0.407 e. The van der Waals surface area contributed by atoms with Crippen LogP contribution in [0.4, 0.5) is 41.9 Å². The van der Waals surface area contributed by atoms with Crippen LogP contribution >= 0.6 is 86.4 Å². The topological polar surface area (TPSA) is 536 Å². The van der Waals surface area contributed by atoms with Gasteiger partial charge in [0.2, 0.25) is 0 Å². The fraction of sp³-hybridized carbons (Fsp3) is 0.481. The lowest BCUT2D eigenvalue weighted by Crippen LogP contribution is -2.42. The van der Waals surface area contributed by atoms with Crippen LogP contribution in [0.1, 0.15) is 64.2 Å². The lowest BCUT2D eigenvalue weighted by Gasteiger charge is -2.21. The molecule has 0 aromatic carbocycles. The number of ether oxygens (including phenoxy) is 5. The predicted molar refractivity (Wildman–Crippen MR) is 364 cm³/mol. The smallest absolute Gasteiger partial charge is 0.407 e. The first-order chi connectivity index (χ1) is 47.4. The van der Waals surface area contributed by atoms with E-state index in [1.54, 1.807) is 0 Å². The largest absolute Gasteiger partial charge is 0.480 e. The number of nitrogens with one attached hydrogen (secondary N) is 4. The Morgan fingerprint density at radius 3 is 0.848 bits per heavy atom. The number of aliphatic carboxylic acids is 4. The van der Waals surface area contributed by atoms with Crippen molar-refractivity contribution in [1.29, 1.82) is 0 Å². The van der Waals surface area contributed by atoms with Crippen molar-refractivity contribution in [2.24, 2.45) is 11.8 Å². The van der Waals surface area contributed by atoms with Crippen LogP contribution in [-0.4, -0.2) is 195 Å². The van der Waals surface area contributed by atoms with Gasteiger partial charge in [-0.05, 0) is 143 Å². The predicted octanol–water partition coefficient (Wildman–Crippen LogP) is 9.83. The van der Waals surface area contributed by atoms with E-state index >= 15 is 0 Å². The van der Waals surface area contributed by atoms with Crippen molar-refractivity contribution < 1.29 is 102 Å². The number of carbonyl (C=O) groups excluding carboxylic acids is 4. The van der Waals surface area contributed by atoms with Gasteiger partial charge in [0.15, 0.2) is 20.1 Å². The van der Waals surface area contributed by atoms with E-state index in [4.69, 9.17) is 23.7 Å². The van der Waals surface area contributed by atoms with E-state index in [9.17, 15) is 99.2 Å². The van der Waals surface area contributed by atoms with E-state index in [1.165, 1.54) is 73.3 Å². The molecule has 37 nitrogen and oxygen atoms in total. The van der Waals surface area contributed by atoms with Crippen LogP contribution in [0.5, 0.6) is 0 Å². The Morgan fingerprint density at radius 1 is 0.384 bits per heavy atom. The SMILES string of the molecule is O=C(NC(CSSc1ncccc1[N+](=O)[O-])C(=O)O)OCCCCC(CCCOC(=O)NC(CSSc1ncccc1[N+](=O)[O-])C(=O)O)COCC(CCCCOC(=O)NC(CSSc1ncccc1[N+](=O)[O-])C(=O)O)CCCOC(=O)NC(CSSc1ncccc1[N+](=O)[O-])C(=O)O. The van der Waals surface area contributed by atoms with E-state index < -0.39 is 92.1 Å². The molecule has 540 valence electrons. The minimum absolute atomic E-state index is 0.0208. The molecule has 4 amide bonds. The molecule has 0 aliphatic rings. The number of aromatic nitrogens is 4. The normalized spacial score (nSPS) is 12.8. The van der Waals surface area contributed by atoms with Gasteiger partial charge in [0.1, 0.15) is 24.2 Å². The second-order valence-corrected chi connectivity index (χ2v) is 29.4. The molecule has 4 heterocycles. The summed E-state index contributed by atoms with van der Waals surface area (Å²) in [6, 6.07) is 4.59. The summed E-state index contributed by atoms with van der Waals surface area (Å²) in [7, 11) is 7.02. The zero-order valence-corrected chi connectivity index (χ0v) is 58.3. The Kier molecular flexibility index (Phi) is 39.6. The van der Waals surface area contributed by atoms with Gasteiger partial charge in [-0.15, -0.1) is 0 Å². The number of nitrogens with zero attached hydrogens (tertiary/aromatic N) is 8. The summed E-state index contributed by atoms with van der Waals surface area (Å²) in [5, 5.41) is 93.8. The number of carboxylic acid groups (broad SMARTS) is 4. The van der Waals surface area contributed by atoms with Crippen molar-refractivity contribution in [3.05, 3.63) is 114 Å². The molecule has 6 unspecified atom stereocenters. The number of alkyl carbamates (subject to hydrolysis) is 4. The van der Waals surface area contributed by atoms with Gasteiger partial charge >= 0.3 is 71.0 Å². The van der Waals surface area contributed by atoms with Crippen LogP contribution in [0.2, 0.25) is 0 Å². The van der Waals surface area contributed by atoms with E-state index in [0.717, 1.165) is 86.4 Å². The molecule has 99 heavy (non-hydrogen) atoms. The minimum atomic E-state index is -1.47. The number of rotatable bonds is 50. The highest BCUT2D eigenvalue weighted by molar-refractivity contribution is 8.77. The average molecular weight is 1540 g/mol. The second kappa shape index (κ2) is 47.1. The van der Waals surface area contributed by atoms with Crippen LogP contribution < -0.4 is 21.3 Å². The van der Waals surface area contributed by atoms with Crippen molar-refractivity contribution in [2.75, 3.05) is 62.7 Å². The number of carboxylic acids is 4. The fourth-order valence-corrected chi connectivity index (χ4v) is 16.7. The fourth-order valence-electron chi connectivity index (χ4n) is 7.90. The Balaban J connectivity index is 1.38. The molecule has 6 atom stereocenters. The quantitative estimate of drug-likeness (QED) is 0.00670. The number of hydrogen-bond acceptors (Lipinski definition) is 33. The summed E-state index contributed by atoms with van der Waals surface area (Å²) in [5.41, 5.74) is -1.17. The summed E-state index contributed by atoms with van der Waals surface area (Å²) in [4.78, 5) is 158. The summed E-state index contributed by atoms with van der Waals surface area (Å²) >= 11 is 0. The molecule has 45 heteroatoms.